The molecule has 27 heavy (non-hydrogen) atoms. The highest BCUT2D eigenvalue weighted by Gasteiger charge is 2.21. The average molecular weight is 384 g/mol. The van der Waals surface area contributed by atoms with Gasteiger partial charge in [0.1, 0.15) is 0 Å². The predicted molar refractivity (Wildman–Crippen MR) is 95.5 cm³/mol. The number of rotatable bonds is 5. The summed E-state index contributed by atoms with van der Waals surface area (Å²) < 4.78 is 27.3. The Kier molecular flexibility index (Phi) is 4.57. The third kappa shape index (κ3) is 3.46. The number of benzene rings is 1. The van der Waals surface area contributed by atoms with E-state index in [0.29, 0.717) is 21.1 Å². The molecule has 11 heteroatoms. The summed E-state index contributed by atoms with van der Waals surface area (Å²) in [7, 11) is -2.84. The van der Waals surface area contributed by atoms with Crippen LogP contribution >= 0.6 is 0 Å². The molecule has 0 N–H and O–H groups in total. The van der Waals surface area contributed by atoms with Crippen molar-refractivity contribution in [2.75, 3.05) is 7.05 Å². The number of pyridine rings is 1. The number of hydrogen-bond acceptors (Lipinski definition) is 7. The Labute approximate surface area is 153 Å². The Hall–Kier alpha value is -3.78. The van der Waals surface area contributed by atoms with Gasteiger partial charge in [0.25, 0.3) is 15.7 Å². The van der Waals surface area contributed by atoms with Crippen molar-refractivity contribution in [1.82, 2.24) is 14.0 Å². The van der Waals surface area contributed by atoms with Gasteiger partial charge in [-0.15, -0.1) is 0 Å². The summed E-state index contributed by atoms with van der Waals surface area (Å²) in [6, 6.07) is 9.92. The van der Waals surface area contributed by atoms with E-state index in [2.05, 4.69) is 10.2 Å². The summed E-state index contributed by atoms with van der Waals surface area (Å²) in [5.41, 5.74) is 1.18. The first-order chi connectivity index (χ1) is 12.8. The summed E-state index contributed by atoms with van der Waals surface area (Å²) in [5.74, 6) is 0. The number of nitrogens with zero attached hydrogens (tertiary/aromatic N) is 6. The molecule has 3 aromatic rings. The van der Waals surface area contributed by atoms with Gasteiger partial charge in [-0.05, 0) is 18.2 Å². The summed E-state index contributed by atoms with van der Waals surface area (Å²) >= 11 is 0. The van der Waals surface area contributed by atoms with E-state index in [4.69, 9.17) is 5.26 Å². The third-order valence-electron chi connectivity index (χ3n) is 3.71. The fraction of sp³-hybridized carbons (Fsp3) is 0.0625. The molecular weight excluding hydrogens is 372 g/mol. The quantitative estimate of drug-likeness (QED) is 0.374. The van der Waals surface area contributed by atoms with E-state index in [0.717, 1.165) is 6.07 Å². The molecule has 0 atom stereocenters. The molecule has 136 valence electrons. The van der Waals surface area contributed by atoms with E-state index in [9.17, 15) is 18.5 Å². The van der Waals surface area contributed by atoms with Crippen molar-refractivity contribution in [2.24, 2.45) is 5.10 Å². The molecule has 0 saturated carbocycles. The van der Waals surface area contributed by atoms with Crippen molar-refractivity contribution >= 4 is 27.4 Å². The average Bonchev–Trinajstić information content (AvgIpc) is 3.08. The van der Waals surface area contributed by atoms with Crippen molar-refractivity contribution in [2.45, 2.75) is 4.90 Å². The Morgan fingerprint density at radius 1 is 1.37 bits per heavy atom. The fourth-order valence-electron chi connectivity index (χ4n) is 2.28. The molecule has 0 unspecified atom stereocenters. The molecule has 0 aliphatic heterocycles. The Bertz CT molecular complexity index is 1210. The number of sulfonamides is 1. The van der Waals surface area contributed by atoms with Crippen LogP contribution in [-0.2, 0) is 10.0 Å². The van der Waals surface area contributed by atoms with Crippen LogP contribution in [-0.4, -0.2) is 40.6 Å². The second-order valence-corrected chi connectivity index (χ2v) is 7.35. The lowest BCUT2D eigenvalue weighted by Crippen LogP contribution is -2.22. The van der Waals surface area contributed by atoms with Crippen molar-refractivity contribution in [1.29, 1.82) is 5.26 Å². The van der Waals surface area contributed by atoms with E-state index in [-0.39, 0.29) is 10.6 Å². The zero-order valence-electron chi connectivity index (χ0n) is 13.9. The van der Waals surface area contributed by atoms with Crippen LogP contribution in [0.1, 0.15) is 11.1 Å². The van der Waals surface area contributed by atoms with E-state index >= 15 is 0 Å². The van der Waals surface area contributed by atoms with Gasteiger partial charge >= 0.3 is 0 Å². The standard InChI is InChI=1S/C16H12N6O4S/c1-20(27(25,26)15-4-2-3-14(8-15)22(23)24)18-10-13-11-19-21-6-5-12(9-17)7-16(13)21/h2-8,10-11H,1H3. The van der Waals surface area contributed by atoms with E-state index < -0.39 is 14.9 Å². The predicted octanol–water partition coefficient (Wildman–Crippen LogP) is 1.77. The number of fused-ring (bicyclic) bond motifs is 1. The number of nitro groups is 1. The van der Waals surface area contributed by atoms with Gasteiger partial charge in [0.15, 0.2) is 0 Å². The molecule has 0 aliphatic carbocycles. The maximum atomic E-state index is 12.6. The number of hydrazone groups is 1. The van der Waals surface area contributed by atoms with Gasteiger partial charge in [-0.3, -0.25) is 10.1 Å². The fourth-order valence-corrected chi connectivity index (χ4v) is 3.28. The van der Waals surface area contributed by atoms with Crippen molar-refractivity contribution in [3.8, 4) is 6.07 Å². The van der Waals surface area contributed by atoms with Crippen LogP contribution in [0.15, 0.2) is 58.8 Å². The van der Waals surface area contributed by atoms with Crippen LogP contribution in [0.25, 0.3) is 5.52 Å². The third-order valence-corrected chi connectivity index (χ3v) is 5.35. The molecule has 0 radical (unpaired) electrons. The minimum atomic E-state index is -4.06. The largest absolute Gasteiger partial charge is 0.278 e. The SMILES string of the molecule is CN(N=Cc1cnn2ccc(C#N)cc12)S(=O)(=O)c1cccc([N+](=O)[O-])c1. The van der Waals surface area contributed by atoms with Crippen molar-refractivity contribution in [3.63, 3.8) is 0 Å². The second kappa shape index (κ2) is 6.85. The lowest BCUT2D eigenvalue weighted by atomic mass is 10.2. The highest BCUT2D eigenvalue weighted by atomic mass is 32.2. The first-order valence-electron chi connectivity index (χ1n) is 7.48. The number of nitro benzene ring substituents is 1. The van der Waals surface area contributed by atoms with E-state index in [1.54, 1.807) is 18.3 Å². The van der Waals surface area contributed by atoms with Crippen molar-refractivity contribution < 1.29 is 13.3 Å². The summed E-state index contributed by atoms with van der Waals surface area (Å²) in [6.07, 6.45) is 4.38. The van der Waals surface area contributed by atoms with E-state index in [1.165, 1.54) is 42.2 Å². The number of nitriles is 1. The second-order valence-electron chi connectivity index (χ2n) is 5.40. The smallest absolute Gasteiger partial charge is 0.258 e. The number of aromatic nitrogens is 2. The summed E-state index contributed by atoms with van der Waals surface area (Å²) in [4.78, 5) is 9.92. The van der Waals surface area contributed by atoms with Gasteiger partial charge in [0, 0.05) is 30.9 Å². The summed E-state index contributed by atoms with van der Waals surface area (Å²) in [6.45, 7) is 0. The molecule has 0 bridgehead atoms. The van der Waals surface area contributed by atoms with Gasteiger partial charge < -0.3 is 0 Å². The molecule has 2 aromatic heterocycles. The van der Waals surface area contributed by atoms with Crippen LogP contribution in [0.2, 0.25) is 0 Å². The molecular formula is C16H12N6O4S. The van der Waals surface area contributed by atoms with Gasteiger partial charge in [0.2, 0.25) is 0 Å². The van der Waals surface area contributed by atoms with Gasteiger partial charge in [-0.25, -0.2) is 4.52 Å². The monoisotopic (exact) mass is 384 g/mol. The molecule has 0 spiro atoms. The maximum Gasteiger partial charge on any atom is 0.278 e. The highest BCUT2D eigenvalue weighted by Crippen LogP contribution is 2.20. The summed E-state index contributed by atoms with van der Waals surface area (Å²) in [5, 5.41) is 27.8. The Morgan fingerprint density at radius 3 is 2.85 bits per heavy atom. The van der Waals surface area contributed by atoms with Crippen LogP contribution in [0.3, 0.4) is 0 Å². The molecule has 0 amide bonds. The first kappa shape index (κ1) is 18.0. The van der Waals surface area contributed by atoms with Crippen molar-refractivity contribution in [3.05, 3.63) is 70.0 Å². The maximum absolute atomic E-state index is 12.6. The normalized spacial score (nSPS) is 11.6. The molecule has 10 nitrogen and oxygen atoms in total. The number of hydrogen-bond donors (Lipinski definition) is 0. The molecule has 0 saturated heterocycles. The molecule has 0 aliphatic rings. The van der Waals surface area contributed by atoms with Crippen LogP contribution in [0, 0.1) is 21.4 Å². The molecule has 2 heterocycles. The van der Waals surface area contributed by atoms with E-state index in [1.807, 2.05) is 6.07 Å². The zero-order chi connectivity index (χ0) is 19.6. The van der Waals surface area contributed by atoms with Gasteiger partial charge in [-0.2, -0.15) is 28.3 Å². The van der Waals surface area contributed by atoms with Crippen LogP contribution in [0.5, 0.6) is 0 Å². The first-order valence-corrected chi connectivity index (χ1v) is 8.92. The topological polar surface area (TPSA) is 134 Å². The minimum Gasteiger partial charge on any atom is -0.258 e. The van der Waals surface area contributed by atoms with Crippen LogP contribution in [0.4, 0.5) is 5.69 Å². The Balaban J connectivity index is 1.92. The lowest BCUT2D eigenvalue weighted by Gasteiger charge is -2.13. The lowest BCUT2D eigenvalue weighted by molar-refractivity contribution is -0.385. The molecule has 0 fully saturated rings. The highest BCUT2D eigenvalue weighted by molar-refractivity contribution is 7.89. The van der Waals surface area contributed by atoms with Crippen LogP contribution < -0.4 is 0 Å². The zero-order valence-corrected chi connectivity index (χ0v) is 14.7. The Morgan fingerprint density at radius 2 is 2.15 bits per heavy atom. The minimum absolute atomic E-state index is 0.247. The molecule has 1 aromatic carbocycles. The van der Waals surface area contributed by atoms with Gasteiger partial charge in [0.05, 0.1) is 39.4 Å². The molecule has 3 rings (SSSR count). The number of non-ortho nitro benzene ring substituents is 1. The van der Waals surface area contributed by atoms with Gasteiger partial charge in [-0.1, -0.05) is 6.07 Å².